The van der Waals surface area contributed by atoms with Crippen LogP contribution >= 0.6 is 0 Å². The molecule has 0 bridgehead atoms. The third-order valence-corrected chi connectivity index (χ3v) is 7.76. The predicted molar refractivity (Wildman–Crippen MR) is 130 cm³/mol. The predicted octanol–water partition coefficient (Wildman–Crippen LogP) is 5.38. The SMILES string of the molecule is CCOC(=O)N[C@H]1CC[C@@H]2[C@@H](C1)C[C@@H]1OC(=O)C[C@@H]1[C@H]2/C=C/c1ccc(-c2cccc(F)c2)cn1. The summed E-state index contributed by atoms with van der Waals surface area (Å²) in [6, 6.07) is 10.5. The van der Waals surface area contributed by atoms with Gasteiger partial charge in [0.05, 0.1) is 18.7 Å². The molecule has 6 atom stereocenters. The summed E-state index contributed by atoms with van der Waals surface area (Å²) in [4.78, 5) is 28.6. The molecule has 1 aromatic heterocycles. The van der Waals surface area contributed by atoms with Crippen LogP contribution in [0.15, 0.2) is 48.7 Å². The monoisotopic (exact) mass is 478 g/mol. The summed E-state index contributed by atoms with van der Waals surface area (Å²) in [7, 11) is 0. The third kappa shape index (κ3) is 5.24. The Balaban J connectivity index is 1.31. The van der Waals surface area contributed by atoms with E-state index in [1.807, 2.05) is 24.3 Å². The van der Waals surface area contributed by atoms with E-state index in [1.165, 1.54) is 12.1 Å². The summed E-state index contributed by atoms with van der Waals surface area (Å²) in [6.45, 7) is 2.15. The van der Waals surface area contributed by atoms with Gasteiger partial charge in [-0.25, -0.2) is 9.18 Å². The van der Waals surface area contributed by atoms with E-state index in [0.717, 1.165) is 42.5 Å². The number of halogens is 1. The summed E-state index contributed by atoms with van der Waals surface area (Å²) in [6.07, 6.45) is 9.64. The molecule has 2 heterocycles. The zero-order valence-corrected chi connectivity index (χ0v) is 19.9. The molecule has 0 radical (unpaired) electrons. The Morgan fingerprint density at radius 3 is 2.86 bits per heavy atom. The molecule has 2 aromatic rings. The number of pyridine rings is 1. The number of esters is 1. The Morgan fingerprint density at radius 2 is 2.09 bits per heavy atom. The summed E-state index contributed by atoms with van der Waals surface area (Å²) in [5, 5.41) is 3.00. The Morgan fingerprint density at radius 1 is 1.20 bits per heavy atom. The second-order valence-corrected chi connectivity index (χ2v) is 9.85. The normalized spacial score (nSPS) is 29.8. The number of aromatic nitrogens is 1. The van der Waals surface area contributed by atoms with Gasteiger partial charge in [-0.15, -0.1) is 0 Å². The molecular formula is C28H31FN2O4. The summed E-state index contributed by atoms with van der Waals surface area (Å²) in [5.41, 5.74) is 2.48. The average Bonchev–Trinajstić information content (AvgIpc) is 3.22. The van der Waals surface area contributed by atoms with Crippen LogP contribution in [0.1, 0.15) is 44.7 Å². The first kappa shape index (κ1) is 23.5. The molecule has 3 aliphatic rings. The van der Waals surface area contributed by atoms with E-state index in [-0.39, 0.29) is 41.9 Å². The lowest BCUT2D eigenvalue weighted by molar-refractivity contribution is -0.143. The average molecular weight is 479 g/mol. The summed E-state index contributed by atoms with van der Waals surface area (Å²) >= 11 is 0. The van der Waals surface area contributed by atoms with Crippen LogP contribution in [0.3, 0.4) is 0 Å². The van der Waals surface area contributed by atoms with Crippen molar-refractivity contribution in [1.29, 1.82) is 0 Å². The molecule has 1 N–H and O–H groups in total. The Bertz CT molecular complexity index is 1100. The molecule has 1 amide bonds. The van der Waals surface area contributed by atoms with Gasteiger partial charge in [0.25, 0.3) is 0 Å². The molecule has 1 aromatic carbocycles. The van der Waals surface area contributed by atoms with Crippen molar-refractivity contribution in [2.45, 2.75) is 51.2 Å². The number of alkyl carbamates (subject to hydrolysis) is 1. The molecule has 184 valence electrons. The first-order valence-corrected chi connectivity index (χ1v) is 12.5. The van der Waals surface area contributed by atoms with E-state index in [2.05, 4.69) is 16.4 Å². The van der Waals surface area contributed by atoms with E-state index in [1.54, 1.807) is 19.2 Å². The fourth-order valence-electron chi connectivity index (χ4n) is 6.22. The number of benzene rings is 1. The second kappa shape index (κ2) is 10.2. The molecular weight excluding hydrogens is 447 g/mol. The van der Waals surface area contributed by atoms with Crippen molar-refractivity contribution in [2.75, 3.05) is 6.61 Å². The van der Waals surface area contributed by atoms with Gasteiger partial charge in [-0.05, 0) is 80.2 Å². The van der Waals surface area contributed by atoms with E-state index in [4.69, 9.17) is 9.47 Å². The molecule has 7 heteroatoms. The third-order valence-electron chi connectivity index (χ3n) is 7.76. The van der Waals surface area contributed by atoms with E-state index in [9.17, 15) is 14.0 Å². The zero-order valence-electron chi connectivity index (χ0n) is 19.9. The molecule has 0 spiro atoms. The van der Waals surface area contributed by atoms with Crippen molar-refractivity contribution in [3.8, 4) is 11.1 Å². The Kier molecular flexibility index (Phi) is 6.84. The van der Waals surface area contributed by atoms with Crippen LogP contribution in [0.2, 0.25) is 0 Å². The number of hydrogen-bond acceptors (Lipinski definition) is 5. The fraction of sp³-hybridized carbons (Fsp3) is 0.464. The van der Waals surface area contributed by atoms with Crippen LogP contribution in [0, 0.1) is 29.5 Å². The number of amides is 1. The number of nitrogens with one attached hydrogen (secondary N) is 1. The lowest BCUT2D eigenvalue weighted by atomic mass is 9.59. The molecule has 1 aliphatic heterocycles. The minimum atomic E-state index is -0.360. The minimum Gasteiger partial charge on any atom is -0.462 e. The fourth-order valence-corrected chi connectivity index (χ4v) is 6.22. The lowest BCUT2D eigenvalue weighted by Gasteiger charge is -2.47. The number of ether oxygens (including phenoxy) is 2. The topological polar surface area (TPSA) is 77.5 Å². The van der Waals surface area contributed by atoms with Gasteiger partial charge in [0.1, 0.15) is 11.9 Å². The van der Waals surface area contributed by atoms with Crippen molar-refractivity contribution in [2.24, 2.45) is 23.7 Å². The molecule has 35 heavy (non-hydrogen) atoms. The number of hydrogen-bond donors (Lipinski definition) is 1. The van der Waals surface area contributed by atoms with Crippen LogP contribution < -0.4 is 5.32 Å². The smallest absolute Gasteiger partial charge is 0.407 e. The van der Waals surface area contributed by atoms with Crippen molar-refractivity contribution < 1.29 is 23.5 Å². The molecule has 3 fully saturated rings. The zero-order chi connectivity index (χ0) is 24.4. The van der Waals surface area contributed by atoms with Crippen LogP contribution in [0.5, 0.6) is 0 Å². The van der Waals surface area contributed by atoms with Gasteiger partial charge in [-0.1, -0.05) is 24.3 Å². The highest BCUT2D eigenvalue weighted by Gasteiger charge is 2.50. The van der Waals surface area contributed by atoms with Crippen LogP contribution in [-0.4, -0.2) is 35.8 Å². The van der Waals surface area contributed by atoms with Crippen LogP contribution in [0.25, 0.3) is 17.2 Å². The first-order valence-electron chi connectivity index (χ1n) is 12.5. The van der Waals surface area contributed by atoms with Crippen LogP contribution in [0.4, 0.5) is 9.18 Å². The van der Waals surface area contributed by atoms with Gasteiger partial charge in [-0.3, -0.25) is 9.78 Å². The quantitative estimate of drug-likeness (QED) is 0.584. The molecule has 6 nitrogen and oxygen atoms in total. The van der Waals surface area contributed by atoms with Crippen molar-refractivity contribution in [3.63, 3.8) is 0 Å². The minimum absolute atomic E-state index is 0.0666. The number of fused-ring (bicyclic) bond motifs is 2. The highest BCUT2D eigenvalue weighted by molar-refractivity contribution is 5.72. The summed E-state index contributed by atoms with van der Waals surface area (Å²) < 4.78 is 24.3. The van der Waals surface area contributed by atoms with Gasteiger partial charge >= 0.3 is 12.1 Å². The van der Waals surface area contributed by atoms with Crippen LogP contribution in [-0.2, 0) is 14.3 Å². The van der Waals surface area contributed by atoms with E-state index < -0.39 is 0 Å². The Hall–Kier alpha value is -3.22. The number of nitrogens with zero attached hydrogens (tertiary/aromatic N) is 1. The summed E-state index contributed by atoms with van der Waals surface area (Å²) in [5.74, 6) is 0.832. The molecule has 5 rings (SSSR count). The highest BCUT2D eigenvalue weighted by Crippen LogP contribution is 2.51. The van der Waals surface area contributed by atoms with E-state index in [0.29, 0.717) is 24.9 Å². The van der Waals surface area contributed by atoms with Gasteiger partial charge < -0.3 is 14.8 Å². The highest BCUT2D eigenvalue weighted by atomic mass is 19.1. The lowest BCUT2D eigenvalue weighted by Crippen LogP contribution is -2.48. The van der Waals surface area contributed by atoms with Crippen molar-refractivity contribution >= 4 is 18.1 Å². The van der Waals surface area contributed by atoms with Gasteiger partial charge in [0.2, 0.25) is 0 Å². The second-order valence-electron chi connectivity index (χ2n) is 9.85. The standard InChI is InChI=1S/C28H31FN2O4/c1-2-34-28(33)31-22-9-10-23-19(13-22)14-26-25(15-27(32)35-26)24(23)11-8-21-7-6-18(16-30-21)17-4-3-5-20(29)12-17/h3-8,11-12,16,19,22-26H,2,9-10,13-15H2,1H3,(H,31,33)/b11-8+/t19-,22-,23+,24-,25+,26-/m0/s1. The maximum Gasteiger partial charge on any atom is 0.407 e. The first-order chi connectivity index (χ1) is 17.0. The number of allylic oxidation sites excluding steroid dienone is 1. The largest absolute Gasteiger partial charge is 0.462 e. The molecule has 1 saturated heterocycles. The van der Waals surface area contributed by atoms with E-state index >= 15 is 0 Å². The number of carbonyl (C=O) groups is 2. The number of rotatable bonds is 5. The molecule has 0 unspecified atom stereocenters. The maximum atomic E-state index is 13.6. The van der Waals surface area contributed by atoms with Crippen molar-refractivity contribution in [1.82, 2.24) is 10.3 Å². The van der Waals surface area contributed by atoms with Gasteiger partial charge in [0, 0.05) is 23.7 Å². The maximum absolute atomic E-state index is 13.6. The van der Waals surface area contributed by atoms with Gasteiger partial charge in [0.15, 0.2) is 0 Å². The number of carbonyl (C=O) groups excluding carboxylic acids is 2. The molecule has 2 aliphatic carbocycles. The molecule has 2 saturated carbocycles. The Labute approximate surface area is 204 Å². The van der Waals surface area contributed by atoms with Gasteiger partial charge in [-0.2, -0.15) is 0 Å². The van der Waals surface area contributed by atoms with Crippen molar-refractivity contribution in [3.05, 3.63) is 60.2 Å².